The van der Waals surface area contributed by atoms with Gasteiger partial charge < -0.3 is 9.15 Å². The van der Waals surface area contributed by atoms with Crippen molar-refractivity contribution in [1.29, 1.82) is 0 Å². The van der Waals surface area contributed by atoms with Gasteiger partial charge in [0.2, 0.25) is 5.91 Å². The van der Waals surface area contributed by atoms with Crippen LogP contribution in [0.3, 0.4) is 0 Å². The molecule has 5 rings (SSSR count). The van der Waals surface area contributed by atoms with E-state index < -0.39 is 0 Å². The normalized spacial score (nSPS) is 15.5. The van der Waals surface area contributed by atoms with Crippen molar-refractivity contribution in [3.63, 3.8) is 0 Å². The van der Waals surface area contributed by atoms with E-state index in [1.54, 1.807) is 18.4 Å². The fraction of sp³-hybridized carbons (Fsp3) is 0.192. The number of rotatable bonds is 6. The Hall–Kier alpha value is -4.13. The molecule has 1 amide bonds. The molecular weight excluding hydrogens is 416 g/mol. The lowest BCUT2D eigenvalue weighted by atomic mass is 10.00. The van der Waals surface area contributed by atoms with E-state index >= 15 is 0 Å². The SMILES string of the molecule is CCC(=O)N1N=C(c2cn(-c3ccccc3)nc2-c2ccc(OC)cc2)CC1c1ccco1. The first kappa shape index (κ1) is 20.8. The Bertz CT molecular complexity index is 1280. The lowest BCUT2D eigenvalue weighted by Crippen LogP contribution is -2.25. The smallest absolute Gasteiger partial charge is 0.243 e. The minimum absolute atomic E-state index is 0.0483. The summed E-state index contributed by atoms with van der Waals surface area (Å²) < 4.78 is 12.8. The van der Waals surface area contributed by atoms with Gasteiger partial charge in [0.1, 0.15) is 23.2 Å². The van der Waals surface area contributed by atoms with Gasteiger partial charge in [-0.2, -0.15) is 10.2 Å². The Labute approximate surface area is 191 Å². The fourth-order valence-electron chi connectivity index (χ4n) is 4.03. The molecule has 0 N–H and O–H groups in total. The van der Waals surface area contributed by atoms with E-state index in [1.165, 1.54) is 0 Å². The lowest BCUT2D eigenvalue weighted by Gasteiger charge is -2.18. The maximum atomic E-state index is 12.7. The maximum Gasteiger partial charge on any atom is 0.243 e. The van der Waals surface area contributed by atoms with E-state index in [2.05, 4.69) is 0 Å². The summed E-state index contributed by atoms with van der Waals surface area (Å²) in [5, 5.41) is 11.2. The first-order valence-corrected chi connectivity index (χ1v) is 10.9. The number of benzene rings is 2. The molecule has 0 fully saturated rings. The van der Waals surface area contributed by atoms with E-state index in [1.807, 2.05) is 84.5 Å². The quantitative estimate of drug-likeness (QED) is 0.412. The largest absolute Gasteiger partial charge is 0.497 e. The molecule has 1 atom stereocenters. The number of hydrogen-bond donors (Lipinski definition) is 0. The maximum absolute atomic E-state index is 12.7. The zero-order valence-corrected chi connectivity index (χ0v) is 18.5. The number of amides is 1. The molecule has 4 aromatic rings. The summed E-state index contributed by atoms with van der Waals surface area (Å²) in [6.07, 6.45) is 4.51. The van der Waals surface area contributed by atoms with Gasteiger partial charge in [0.05, 0.1) is 24.8 Å². The van der Waals surface area contributed by atoms with E-state index in [0.717, 1.165) is 39.7 Å². The van der Waals surface area contributed by atoms with E-state index in [9.17, 15) is 4.79 Å². The molecule has 166 valence electrons. The van der Waals surface area contributed by atoms with Crippen molar-refractivity contribution in [3.05, 3.63) is 90.5 Å². The number of furan rings is 1. The monoisotopic (exact) mass is 440 g/mol. The highest BCUT2D eigenvalue weighted by Gasteiger charge is 2.35. The number of carbonyl (C=O) groups is 1. The minimum Gasteiger partial charge on any atom is -0.497 e. The van der Waals surface area contributed by atoms with E-state index in [0.29, 0.717) is 12.8 Å². The number of aromatic nitrogens is 2. The Morgan fingerprint density at radius 3 is 2.55 bits per heavy atom. The van der Waals surface area contributed by atoms with E-state index in [4.69, 9.17) is 19.4 Å². The fourth-order valence-corrected chi connectivity index (χ4v) is 4.03. The van der Waals surface area contributed by atoms with Crippen LogP contribution in [0.15, 0.2) is 88.7 Å². The standard InChI is InChI=1S/C26H24N4O3/c1-3-25(31)30-23(24-10-7-15-33-24)16-22(27-30)21-17-29(19-8-5-4-6-9-19)28-26(21)18-11-13-20(32-2)14-12-18/h4-15,17,23H,3,16H2,1-2H3. The highest BCUT2D eigenvalue weighted by atomic mass is 16.5. The number of hydrazone groups is 1. The summed E-state index contributed by atoms with van der Waals surface area (Å²) in [6, 6.07) is 21.2. The van der Waals surface area contributed by atoms with Gasteiger partial charge >= 0.3 is 0 Å². The molecule has 7 nitrogen and oxygen atoms in total. The van der Waals surface area contributed by atoms with Gasteiger partial charge in [-0.15, -0.1) is 0 Å². The van der Waals surface area contributed by atoms with Crippen LogP contribution in [-0.2, 0) is 4.79 Å². The van der Waals surface area contributed by atoms with Gasteiger partial charge in [-0.1, -0.05) is 25.1 Å². The van der Waals surface area contributed by atoms with Crippen molar-refractivity contribution in [2.75, 3.05) is 7.11 Å². The van der Waals surface area contributed by atoms with Crippen molar-refractivity contribution in [2.45, 2.75) is 25.8 Å². The summed E-state index contributed by atoms with van der Waals surface area (Å²) in [4.78, 5) is 12.7. The molecule has 0 saturated carbocycles. The van der Waals surface area contributed by atoms with Gasteiger partial charge in [-0.3, -0.25) is 4.79 Å². The number of carbonyl (C=O) groups excluding carboxylic acids is 1. The molecule has 7 heteroatoms. The second-order valence-electron chi connectivity index (χ2n) is 7.77. The molecule has 0 radical (unpaired) electrons. The number of methoxy groups -OCH3 is 1. The summed E-state index contributed by atoms with van der Waals surface area (Å²) >= 11 is 0. The highest BCUT2D eigenvalue weighted by molar-refractivity contribution is 6.07. The van der Waals surface area contributed by atoms with Crippen molar-refractivity contribution in [1.82, 2.24) is 14.8 Å². The van der Waals surface area contributed by atoms with Crippen LogP contribution in [0.2, 0.25) is 0 Å². The Kier molecular flexibility index (Phi) is 5.52. The Morgan fingerprint density at radius 1 is 1.09 bits per heavy atom. The Balaban J connectivity index is 1.61. The number of para-hydroxylation sites is 1. The highest BCUT2D eigenvalue weighted by Crippen LogP contribution is 2.36. The topological polar surface area (TPSA) is 72.9 Å². The third kappa shape index (κ3) is 3.93. The third-order valence-electron chi connectivity index (χ3n) is 5.75. The van der Waals surface area contributed by atoms with Crippen molar-refractivity contribution < 1.29 is 13.9 Å². The van der Waals surface area contributed by atoms with Gasteiger partial charge in [0.25, 0.3) is 0 Å². The molecule has 3 heterocycles. The molecule has 0 aliphatic carbocycles. The third-order valence-corrected chi connectivity index (χ3v) is 5.75. The second kappa shape index (κ2) is 8.78. The average molecular weight is 441 g/mol. The summed E-state index contributed by atoms with van der Waals surface area (Å²) in [5.74, 6) is 1.45. The summed E-state index contributed by atoms with van der Waals surface area (Å²) in [7, 11) is 1.64. The summed E-state index contributed by atoms with van der Waals surface area (Å²) in [5.41, 5.74) is 4.36. The van der Waals surface area contributed by atoms with Crippen LogP contribution in [0.4, 0.5) is 0 Å². The van der Waals surface area contributed by atoms with Gasteiger partial charge in [0, 0.05) is 30.2 Å². The first-order chi connectivity index (χ1) is 16.2. The van der Waals surface area contributed by atoms with Crippen molar-refractivity contribution in [2.24, 2.45) is 5.10 Å². The van der Waals surface area contributed by atoms with Crippen molar-refractivity contribution in [3.8, 4) is 22.7 Å². The van der Waals surface area contributed by atoms with Crippen LogP contribution < -0.4 is 4.74 Å². The molecule has 0 saturated heterocycles. The first-order valence-electron chi connectivity index (χ1n) is 10.9. The number of nitrogens with zero attached hydrogens (tertiary/aromatic N) is 4. The van der Waals surface area contributed by atoms with Crippen LogP contribution in [0.25, 0.3) is 16.9 Å². The zero-order chi connectivity index (χ0) is 22.8. The number of ether oxygens (including phenoxy) is 1. The van der Waals surface area contributed by atoms with E-state index in [-0.39, 0.29) is 11.9 Å². The molecular formula is C26H24N4O3. The lowest BCUT2D eigenvalue weighted by molar-refractivity contribution is -0.133. The molecule has 1 unspecified atom stereocenters. The predicted octanol–water partition coefficient (Wildman–Crippen LogP) is 5.23. The minimum atomic E-state index is -0.272. The molecule has 2 aromatic heterocycles. The molecule has 1 aliphatic rings. The summed E-state index contributed by atoms with van der Waals surface area (Å²) in [6.45, 7) is 1.84. The van der Waals surface area contributed by atoms with Gasteiger partial charge in [-0.25, -0.2) is 9.69 Å². The zero-order valence-electron chi connectivity index (χ0n) is 18.5. The van der Waals surface area contributed by atoms with Crippen LogP contribution in [0, 0.1) is 0 Å². The molecule has 33 heavy (non-hydrogen) atoms. The molecule has 0 bridgehead atoms. The molecule has 2 aromatic carbocycles. The van der Waals surface area contributed by atoms with Gasteiger partial charge in [-0.05, 0) is 48.5 Å². The van der Waals surface area contributed by atoms with Crippen LogP contribution in [0.5, 0.6) is 5.75 Å². The molecule has 0 spiro atoms. The molecule has 1 aliphatic heterocycles. The number of hydrogen-bond acceptors (Lipinski definition) is 5. The Morgan fingerprint density at radius 2 is 1.88 bits per heavy atom. The average Bonchev–Trinajstić information content (AvgIpc) is 3.63. The predicted molar refractivity (Wildman–Crippen MR) is 125 cm³/mol. The van der Waals surface area contributed by atoms with Crippen LogP contribution in [-0.4, -0.2) is 33.5 Å². The van der Waals surface area contributed by atoms with Crippen molar-refractivity contribution >= 4 is 11.6 Å². The van der Waals surface area contributed by atoms with Crippen LogP contribution >= 0.6 is 0 Å². The van der Waals surface area contributed by atoms with Gasteiger partial charge in [0.15, 0.2) is 0 Å². The van der Waals surface area contributed by atoms with Crippen LogP contribution in [0.1, 0.15) is 37.1 Å². The second-order valence-corrected chi connectivity index (χ2v) is 7.77.